The van der Waals surface area contributed by atoms with Crippen LogP contribution in [0.25, 0.3) is 0 Å². The van der Waals surface area contributed by atoms with Gasteiger partial charge in [-0.3, -0.25) is 14.9 Å². The lowest BCUT2D eigenvalue weighted by Crippen LogP contribution is -2.40. The summed E-state index contributed by atoms with van der Waals surface area (Å²) >= 11 is 0. The van der Waals surface area contributed by atoms with Crippen molar-refractivity contribution in [1.29, 1.82) is 0 Å². The Morgan fingerprint density at radius 3 is 2.57 bits per heavy atom. The Balaban J connectivity index is 2.04. The molecular formula is C16H28N4O2S. The first-order valence-electron chi connectivity index (χ1n) is 8.13. The van der Waals surface area contributed by atoms with Gasteiger partial charge >= 0.3 is 0 Å². The van der Waals surface area contributed by atoms with E-state index in [1.165, 1.54) is 0 Å². The van der Waals surface area contributed by atoms with Crippen LogP contribution < -0.4 is 4.72 Å². The van der Waals surface area contributed by atoms with E-state index in [1.54, 1.807) is 12.4 Å². The van der Waals surface area contributed by atoms with Gasteiger partial charge in [-0.25, -0.2) is 8.93 Å². The number of aromatic nitrogens is 2. The Morgan fingerprint density at radius 1 is 1.30 bits per heavy atom. The van der Waals surface area contributed by atoms with Crippen LogP contribution in [-0.4, -0.2) is 56.7 Å². The van der Waals surface area contributed by atoms with Gasteiger partial charge in [0.05, 0.1) is 52.6 Å². The number of rotatable bonds is 6. The first-order chi connectivity index (χ1) is 10.9. The van der Waals surface area contributed by atoms with Crippen LogP contribution in [-0.2, 0) is 15.7 Å². The van der Waals surface area contributed by atoms with E-state index < -0.39 is 11.0 Å². The molecule has 130 valence electrons. The highest BCUT2D eigenvalue weighted by Crippen LogP contribution is 2.19. The molecule has 1 aromatic heterocycles. The molecule has 0 bridgehead atoms. The summed E-state index contributed by atoms with van der Waals surface area (Å²) in [4.78, 5) is 11.2. The van der Waals surface area contributed by atoms with Crippen molar-refractivity contribution in [3.05, 3.63) is 23.8 Å². The van der Waals surface area contributed by atoms with E-state index in [1.807, 2.05) is 27.7 Å². The van der Waals surface area contributed by atoms with E-state index in [-0.39, 0.29) is 10.8 Å². The van der Waals surface area contributed by atoms with E-state index in [0.29, 0.717) is 0 Å². The molecule has 1 aliphatic heterocycles. The quantitative estimate of drug-likeness (QED) is 0.852. The topological polar surface area (TPSA) is 67.3 Å². The molecule has 0 aliphatic carbocycles. The fourth-order valence-electron chi connectivity index (χ4n) is 2.29. The minimum Gasteiger partial charge on any atom is -0.379 e. The normalized spacial score (nSPS) is 19.5. The lowest BCUT2D eigenvalue weighted by Gasteiger charge is -2.29. The minimum atomic E-state index is -1.14. The van der Waals surface area contributed by atoms with Gasteiger partial charge in [0.25, 0.3) is 0 Å². The molecule has 7 heteroatoms. The maximum atomic E-state index is 12.5. The van der Waals surface area contributed by atoms with Crippen LogP contribution in [0.2, 0.25) is 0 Å². The summed E-state index contributed by atoms with van der Waals surface area (Å²) in [7, 11) is -1.14. The van der Waals surface area contributed by atoms with Gasteiger partial charge in [-0.1, -0.05) is 0 Å². The van der Waals surface area contributed by atoms with Gasteiger partial charge in [-0.2, -0.15) is 0 Å². The fourth-order valence-corrected chi connectivity index (χ4v) is 3.14. The molecule has 23 heavy (non-hydrogen) atoms. The summed E-state index contributed by atoms with van der Waals surface area (Å²) < 4.78 is 20.8. The Kier molecular flexibility index (Phi) is 6.64. The third-order valence-corrected chi connectivity index (χ3v) is 5.41. The van der Waals surface area contributed by atoms with Crippen LogP contribution in [0.5, 0.6) is 0 Å². The summed E-state index contributed by atoms with van der Waals surface area (Å²) in [5, 5.41) is 0. The maximum Gasteiger partial charge on any atom is 0.0976 e. The van der Waals surface area contributed by atoms with E-state index in [0.717, 1.165) is 50.7 Å². The number of hydrogen-bond donors (Lipinski definition) is 1. The van der Waals surface area contributed by atoms with Gasteiger partial charge in [0.15, 0.2) is 0 Å². The number of aryl methyl sites for hydroxylation is 1. The molecule has 0 spiro atoms. The van der Waals surface area contributed by atoms with E-state index in [2.05, 4.69) is 19.6 Å². The van der Waals surface area contributed by atoms with Crippen molar-refractivity contribution in [3.8, 4) is 0 Å². The van der Waals surface area contributed by atoms with Crippen molar-refractivity contribution in [3.63, 3.8) is 0 Å². The Labute approximate surface area is 141 Å². The highest BCUT2D eigenvalue weighted by Gasteiger charge is 2.25. The molecule has 1 N–H and O–H groups in total. The molecule has 2 unspecified atom stereocenters. The number of morpholine rings is 1. The second kappa shape index (κ2) is 8.28. The number of ether oxygens (including phenoxy) is 1. The van der Waals surface area contributed by atoms with E-state index in [4.69, 9.17) is 4.74 Å². The van der Waals surface area contributed by atoms with Crippen molar-refractivity contribution >= 4 is 11.0 Å². The van der Waals surface area contributed by atoms with Gasteiger partial charge < -0.3 is 4.74 Å². The van der Waals surface area contributed by atoms with Crippen LogP contribution in [0, 0.1) is 6.92 Å². The van der Waals surface area contributed by atoms with Crippen molar-refractivity contribution in [1.82, 2.24) is 19.6 Å². The van der Waals surface area contributed by atoms with Crippen molar-refractivity contribution in [2.45, 2.75) is 44.9 Å². The smallest absolute Gasteiger partial charge is 0.0976 e. The zero-order chi connectivity index (χ0) is 16.9. The van der Waals surface area contributed by atoms with Gasteiger partial charge in [-0.05, 0) is 34.1 Å². The summed E-state index contributed by atoms with van der Waals surface area (Å²) in [6, 6.07) is -0.0639. The predicted octanol–water partition coefficient (Wildman–Crippen LogP) is 1.60. The number of hydrogen-bond acceptors (Lipinski definition) is 5. The van der Waals surface area contributed by atoms with Crippen LogP contribution in [0.3, 0.4) is 0 Å². The third kappa shape index (κ3) is 5.91. The van der Waals surface area contributed by atoms with Gasteiger partial charge in [0.2, 0.25) is 0 Å². The lowest BCUT2D eigenvalue weighted by atomic mass is 10.1. The molecule has 1 aromatic rings. The average Bonchev–Trinajstić information content (AvgIpc) is 2.52. The van der Waals surface area contributed by atoms with Gasteiger partial charge in [0.1, 0.15) is 0 Å². The van der Waals surface area contributed by atoms with Crippen molar-refractivity contribution in [2.24, 2.45) is 0 Å². The molecule has 0 amide bonds. The van der Waals surface area contributed by atoms with Crippen molar-refractivity contribution < 1.29 is 8.95 Å². The van der Waals surface area contributed by atoms with Crippen molar-refractivity contribution in [2.75, 3.05) is 32.8 Å². The first kappa shape index (κ1) is 18.4. The molecule has 0 aromatic carbocycles. The second-order valence-corrected chi connectivity index (χ2v) is 8.87. The third-order valence-electron chi connectivity index (χ3n) is 3.80. The molecular weight excluding hydrogens is 312 g/mol. The Morgan fingerprint density at radius 2 is 2.00 bits per heavy atom. The highest BCUT2D eigenvalue weighted by atomic mass is 32.2. The SMILES string of the molecule is Cc1cnc(C(CCN2CCOCC2)NS(=O)C(C)(C)C)cn1. The summed E-state index contributed by atoms with van der Waals surface area (Å²) in [6.45, 7) is 12.2. The first-order valence-corrected chi connectivity index (χ1v) is 9.28. The number of nitrogens with zero attached hydrogens (tertiary/aromatic N) is 3. The average molecular weight is 340 g/mol. The second-order valence-electron chi connectivity index (χ2n) is 6.88. The molecule has 1 fully saturated rings. The van der Waals surface area contributed by atoms with E-state index >= 15 is 0 Å². The van der Waals surface area contributed by atoms with E-state index in [9.17, 15) is 4.21 Å². The molecule has 1 aliphatic rings. The largest absolute Gasteiger partial charge is 0.379 e. The molecule has 6 nitrogen and oxygen atoms in total. The summed E-state index contributed by atoms with van der Waals surface area (Å²) in [6.07, 6.45) is 4.39. The maximum absolute atomic E-state index is 12.5. The van der Waals surface area contributed by atoms with Crippen LogP contribution in [0.4, 0.5) is 0 Å². The fraction of sp³-hybridized carbons (Fsp3) is 0.750. The molecule has 1 saturated heterocycles. The molecule has 2 heterocycles. The standard InChI is InChI=1S/C16H28N4O2S/c1-13-11-18-15(12-17-13)14(19-23(21)16(2,3)4)5-6-20-7-9-22-10-8-20/h11-12,14,19H,5-10H2,1-4H3. The molecule has 0 saturated carbocycles. The Hall–Kier alpha value is -0.890. The zero-order valence-corrected chi connectivity index (χ0v) is 15.4. The predicted molar refractivity (Wildman–Crippen MR) is 92.4 cm³/mol. The van der Waals surface area contributed by atoms with Crippen LogP contribution in [0.15, 0.2) is 12.4 Å². The highest BCUT2D eigenvalue weighted by molar-refractivity contribution is 7.84. The Bertz CT molecular complexity index is 510. The van der Waals surface area contributed by atoms with Gasteiger partial charge in [-0.15, -0.1) is 0 Å². The number of nitrogens with one attached hydrogen (secondary N) is 1. The molecule has 0 radical (unpaired) electrons. The lowest BCUT2D eigenvalue weighted by molar-refractivity contribution is 0.0364. The molecule has 2 atom stereocenters. The minimum absolute atomic E-state index is 0.0639. The molecule has 2 rings (SSSR count). The summed E-state index contributed by atoms with van der Waals surface area (Å²) in [5.41, 5.74) is 1.74. The summed E-state index contributed by atoms with van der Waals surface area (Å²) in [5.74, 6) is 0. The zero-order valence-electron chi connectivity index (χ0n) is 14.5. The van der Waals surface area contributed by atoms with Gasteiger partial charge in [0, 0.05) is 25.8 Å². The van der Waals surface area contributed by atoms with Crippen LogP contribution >= 0.6 is 0 Å². The van der Waals surface area contributed by atoms with Crippen LogP contribution in [0.1, 0.15) is 44.6 Å². The monoisotopic (exact) mass is 340 g/mol.